The number of rotatable bonds is 4. The van der Waals surface area contributed by atoms with Crippen LogP contribution in [0.5, 0.6) is 0 Å². The van der Waals surface area contributed by atoms with Gasteiger partial charge in [0, 0.05) is 17.4 Å². The molecule has 2 unspecified atom stereocenters. The lowest BCUT2D eigenvalue weighted by atomic mass is 10.0. The van der Waals surface area contributed by atoms with Crippen LogP contribution in [0, 0.1) is 0 Å². The SMILES string of the molecule is NCC(O)CC(O)c1ccc(Br)cc1. The molecule has 1 aromatic carbocycles. The first-order valence-electron chi connectivity index (χ1n) is 4.45. The third-order valence-corrected chi connectivity index (χ3v) is 2.55. The molecule has 0 aliphatic heterocycles. The van der Waals surface area contributed by atoms with Crippen LogP contribution >= 0.6 is 15.9 Å². The van der Waals surface area contributed by atoms with Crippen molar-refractivity contribution in [1.82, 2.24) is 0 Å². The highest BCUT2D eigenvalue weighted by Crippen LogP contribution is 2.20. The molecular weight excluding hydrogens is 246 g/mol. The molecule has 0 aromatic heterocycles. The molecule has 1 rings (SSSR count). The van der Waals surface area contributed by atoms with E-state index in [9.17, 15) is 10.2 Å². The number of halogens is 1. The first-order valence-corrected chi connectivity index (χ1v) is 5.24. The normalized spacial score (nSPS) is 15.1. The zero-order chi connectivity index (χ0) is 10.6. The molecule has 0 radical (unpaired) electrons. The first-order chi connectivity index (χ1) is 6.63. The van der Waals surface area contributed by atoms with Gasteiger partial charge in [0.05, 0.1) is 12.2 Å². The molecular formula is C10H14BrNO2. The molecule has 4 N–H and O–H groups in total. The quantitative estimate of drug-likeness (QED) is 0.761. The smallest absolute Gasteiger partial charge is 0.0815 e. The molecule has 0 amide bonds. The molecule has 0 aliphatic carbocycles. The van der Waals surface area contributed by atoms with Crippen molar-refractivity contribution in [2.45, 2.75) is 18.6 Å². The van der Waals surface area contributed by atoms with E-state index in [2.05, 4.69) is 15.9 Å². The van der Waals surface area contributed by atoms with Crippen molar-refractivity contribution in [2.75, 3.05) is 6.54 Å². The Bertz CT molecular complexity index is 276. The summed E-state index contributed by atoms with van der Waals surface area (Å²) < 4.78 is 0.966. The van der Waals surface area contributed by atoms with Crippen LogP contribution in [0.1, 0.15) is 18.1 Å². The molecule has 0 spiro atoms. The summed E-state index contributed by atoms with van der Waals surface area (Å²) in [5.41, 5.74) is 6.05. The zero-order valence-electron chi connectivity index (χ0n) is 7.73. The minimum Gasteiger partial charge on any atom is -0.392 e. The third kappa shape index (κ3) is 3.38. The summed E-state index contributed by atoms with van der Waals surface area (Å²) in [7, 11) is 0. The number of aliphatic hydroxyl groups excluding tert-OH is 2. The predicted molar refractivity (Wildman–Crippen MR) is 58.8 cm³/mol. The molecule has 14 heavy (non-hydrogen) atoms. The predicted octanol–water partition coefficient (Wildman–Crippen LogP) is 1.19. The van der Waals surface area contributed by atoms with Crippen LogP contribution in [0.2, 0.25) is 0 Å². The number of hydrogen-bond acceptors (Lipinski definition) is 3. The van der Waals surface area contributed by atoms with Gasteiger partial charge in [-0.05, 0) is 17.7 Å². The van der Waals surface area contributed by atoms with E-state index in [1.54, 1.807) is 0 Å². The van der Waals surface area contributed by atoms with Gasteiger partial charge in [0.1, 0.15) is 0 Å². The Labute approximate surface area is 91.7 Å². The highest BCUT2D eigenvalue weighted by molar-refractivity contribution is 9.10. The second-order valence-electron chi connectivity index (χ2n) is 3.19. The number of benzene rings is 1. The highest BCUT2D eigenvalue weighted by atomic mass is 79.9. The van der Waals surface area contributed by atoms with Gasteiger partial charge in [0.25, 0.3) is 0 Å². The summed E-state index contributed by atoms with van der Waals surface area (Å²) in [6, 6.07) is 7.34. The fraction of sp³-hybridized carbons (Fsp3) is 0.400. The fourth-order valence-electron chi connectivity index (χ4n) is 1.17. The zero-order valence-corrected chi connectivity index (χ0v) is 9.31. The van der Waals surface area contributed by atoms with Crippen LogP contribution in [-0.4, -0.2) is 22.9 Å². The van der Waals surface area contributed by atoms with Crippen LogP contribution in [0.15, 0.2) is 28.7 Å². The Balaban J connectivity index is 2.60. The lowest BCUT2D eigenvalue weighted by molar-refractivity contribution is 0.0851. The van der Waals surface area contributed by atoms with Gasteiger partial charge in [0.15, 0.2) is 0 Å². The minimum absolute atomic E-state index is 0.174. The molecule has 1 aromatic rings. The summed E-state index contributed by atoms with van der Waals surface area (Å²) in [6.07, 6.45) is -1.02. The van der Waals surface area contributed by atoms with Crippen LogP contribution in [-0.2, 0) is 0 Å². The molecule has 0 saturated carbocycles. The molecule has 2 atom stereocenters. The Morgan fingerprint density at radius 2 is 1.79 bits per heavy atom. The minimum atomic E-state index is -0.651. The van der Waals surface area contributed by atoms with E-state index in [-0.39, 0.29) is 13.0 Å². The van der Waals surface area contributed by atoms with Gasteiger partial charge in [-0.25, -0.2) is 0 Å². The topological polar surface area (TPSA) is 66.5 Å². The van der Waals surface area contributed by atoms with E-state index in [1.165, 1.54) is 0 Å². The summed E-state index contributed by atoms with van der Waals surface area (Å²) in [4.78, 5) is 0. The van der Waals surface area contributed by atoms with Crippen molar-refractivity contribution >= 4 is 15.9 Å². The van der Waals surface area contributed by atoms with Crippen LogP contribution in [0.3, 0.4) is 0 Å². The van der Waals surface area contributed by atoms with Crippen molar-refractivity contribution in [3.8, 4) is 0 Å². The van der Waals surface area contributed by atoms with Crippen molar-refractivity contribution in [2.24, 2.45) is 5.73 Å². The molecule has 0 heterocycles. The second kappa shape index (κ2) is 5.46. The maximum absolute atomic E-state index is 9.68. The molecule has 78 valence electrons. The van der Waals surface area contributed by atoms with Gasteiger partial charge >= 0.3 is 0 Å². The molecule has 4 heteroatoms. The van der Waals surface area contributed by atoms with E-state index < -0.39 is 12.2 Å². The Morgan fingerprint density at radius 1 is 1.21 bits per heavy atom. The standard InChI is InChI=1S/C10H14BrNO2/c11-8-3-1-7(2-4-8)10(14)5-9(13)6-12/h1-4,9-10,13-14H,5-6,12H2. The van der Waals surface area contributed by atoms with E-state index in [4.69, 9.17) is 5.73 Å². The highest BCUT2D eigenvalue weighted by Gasteiger charge is 2.12. The van der Waals surface area contributed by atoms with Crippen molar-refractivity contribution in [3.63, 3.8) is 0 Å². The molecule has 0 saturated heterocycles. The van der Waals surface area contributed by atoms with Crippen molar-refractivity contribution in [1.29, 1.82) is 0 Å². The van der Waals surface area contributed by atoms with Crippen molar-refractivity contribution < 1.29 is 10.2 Å². The van der Waals surface area contributed by atoms with E-state index in [0.717, 1.165) is 10.0 Å². The Morgan fingerprint density at radius 3 is 2.29 bits per heavy atom. The van der Waals surface area contributed by atoms with Gasteiger partial charge in [0.2, 0.25) is 0 Å². The van der Waals surface area contributed by atoms with Gasteiger partial charge in [-0.15, -0.1) is 0 Å². The van der Waals surface area contributed by atoms with Gasteiger partial charge in [-0.1, -0.05) is 28.1 Å². The molecule has 0 fully saturated rings. The Kier molecular flexibility index (Phi) is 4.54. The number of hydrogen-bond donors (Lipinski definition) is 3. The average Bonchev–Trinajstić information content (AvgIpc) is 2.18. The van der Waals surface area contributed by atoms with Gasteiger partial charge in [-0.3, -0.25) is 0 Å². The summed E-state index contributed by atoms with van der Waals surface area (Å²) >= 11 is 3.31. The lowest BCUT2D eigenvalue weighted by Gasteiger charge is -2.14. The monoisotopic (exact) mass is 259 g/mol. The van der Waals surface area contributed by atoms with E-state index >= 15 is 0 Å². The maximum Gasteiger partial charge on any atom is 0.0815 e. The number of nitrogens with two attached hydrogens (primary N) is 1. The number of aliphatic hydroxyl groups is 2. The van der Waals surface area contributed by atoms with E-state index in [0.29, 0.717) is 0 Å². The van der Waals surface area contributed by atoms with Crippen LogP contribution < -0.4 is 5.73 Å². The first kappa shape index (κ1) is 11.7. The second-order valence-corrected chi connectivity index (χ2v) is 4.11. The summed E-state index contributed by atoms with van der Waals surface area (Å²) in [5.74, 6) is 0. The van der Waals surface area contributed by atoms with Crippen LogP contribution in [0.4, 0.5) is 0 Å². The fourth-order valence-corrected chi connectivity index (χ4v) is 1.44. The molecule has 3 nitrogen and oxygen atoms in total. The molecule has 0 bridgehead atoms. The average molecular weight is 260 g/mol. The van der Waals surface area contributed by atoms with Gasteiger partial charge in [-0.2, -0.15) is 0 Å². The maximum atomic E-state index is 9.68. The Hall–Kier alpha value is -0.420. The molecule has 0 aliphatic rings. The summed E-state index contributed by atoms with van der Waals surface area (Å²) in [5, 5.41) is 18.9. The largest absolute Gasteiger partial charge is 0.392 e. The summed E-state index contributed by atoms with van der Waals surface area (Å²) in [6.45, 7) is 0.174. The van der Waals surface area contributed by atoms with E-state index in [1.807, 2.05) is 24.3 Å². The van der Waals surface area contributed by atoms with Crippen LogP contribution in [0.25, 0.3) is 0 Å². The van der Waals surface area contributed by atoms with Gasteiger partial charge < -0.3 is 15.9 Å². The third-order valence-electron chi connectivity index (χ3n) is 2.02. The lowest BCUT2D eigenvalue weighted by Crippen LogP contribution is -2.22. The van der Waals surface area contributed by atoms with Crippen molar-refractivity contribution in [3.05, 3.63) is 34.3 Å².